The molecule has 1 saturated carbocycles. The first kappa shape index (κ1) is 14.7. The first-order chi connectivity index (χ1) is 7.69. The van der Waals surface area contributed by atoms with Crippen molar-refractivity contribution < 1.29 is 42.7 Å². The van der Waals surface area contributed by atoms with Crippen LogP contribution in [-0.4, -0.2) is 75.6 Å². The van der Waals surface area contributed by atoms with Gasteiger partial charge < -0.3 is 25.5 Å². The number of hydrogen-bond acceptors (Lipinski definition) is 8. The highest BCUT2D eigenvalue weighted by Crippen LogP contribution is 2.29. The van der Waals surface area contributed by atoms with Gasteiger partial charge in [-0.3, -0.25) is 4.55 Å². The summed E-state index contributed by atoms with van der Waals surface area (Å²) in [5, 5.41) is 46.4. The predicted molar refractivity (Wildman–Crippen MR) is 51.0 cm³/mol. The van der Waals surface area contributed by atoms with Crippen LogP contribution in [-0.2, 0) is 14.6 Å². The predicted octanol–water partition coefficient (Wildman–Crippen LogP) is -3.76. The highest BCUT2D eigenvalue weighted by molar-refractivity contribution is 7.80. The van der Waals surface area contributed by atoms with Crippen LogP contribution in [0.15, 0.2) is 0 Å². The summed E-state index contributed by atoms with van der Waals surface area (Å²) in [6.45, 7) is -0.817. The second-order valence-electron chi connectivity index (χ2n) is 3.80. The molecule has 0 heterocycles. The lowest BCUT2D eigenvalue weighted by atomic mass is 9.79. The van der Waals surface area contributed by atoms with Gasteiger partial charge in [-0.15, -0.1) is 0 Å². The molecule has 9 nitrogen and oxygen atoms in total. The third-order valence-corrected chi connectivity index (χ3v) is 3.16. The van der Waals surface area contributed by atoms with Crippen molar-refractivity contribution in [1.82, 2.24) is 0 Å². The third kappa shape index (κ3) is 3.11. The lowest BCUT2D eigenvalue weighted by Gasteiger charge is -2.42. The zero-order chi connectivity index (χ0) is 13.4. The molecule has 1 aliphatic rings. The molecule has 0 radical (unpaired) electrons. The topological polar surface area (TPSA) is 165 Å². The van der Waals surface area contributed by atoms with Crippen molar-refractivity contribution in [3.05, 3.63) is 0 Å². The Morgan fingerprint density at radius 2 is 1.41 bits per heavy atom. The van der Waals surface area contributed by atoms with Crippen LogP contribution >= 0.6 is 0 Å². The average molecular weight is 274 g/mol. The molecule has 1 rings (SSSR count). The lowest BCUT2D eigenvalue weighted by molar-refractivity contribution is -0.203. The zero-order valence-electron chi connectivity index (χ0n) is 8.49. The molecule has 0 aliphatic heterocycles. The molecule has 0 aromatic rings. The van der Waals surface area contributed by atoms with E-state index in [0.29, 0.717) is 0 Å². The second kappa shape index (κ2) is 5.12. The highest BCUT2D eigenvalue weighted by Gasteiger charge is 2.50. The molecular formula is C7H14O9S. The van der Waals surface area contributed by atoms with E-state index in [1.54, 1.807) is 0 Å². The van der Waals surface area contributed by atoms with Gasteiger partial charge in [0, 0.05) is 5.92 Å². The maximum Gasteiger partial charge on any atom is 0.397 e. The maximum atomic E-state index is 10.5. The van der Waals surface area contributed by atoms with E-state index in [1.807, 2.05) is 0 Å². The van der Waals surface area contributed by atoms with Crippen LogP contribution in [0.3, 0.4) is 0 Å². The molecule has 6 atom stereocenters. The van der Waals surface area contributed by atoms with Crippen molar-refractivity contribution >= 4 is 10.4 Å². The van der Waals surface area contributed by atoms with E-state index in [1.165, 1.54) is 0 Å². The summed E-state index contributed by atoms with van der Waals surface area (Å²) < 4.78 is 33.6. The minimum atomic E-state index is -4.94. The van der Waals surface area contributed by atoms with Crippen LogP contribution in [0.5, 0.6) is 0 Å². The molecule has 0 bridgehead atoms. The Morgan fingerprint density at radius 3 is 1.82 bits per heavy atom. The summed E-state index contributed by atoms with van der Waals surface area (Å²) in [7, 11) is -4.94. The van der Waals surface area contributed by atoms with Crippen LogP contribution in [0.2, 0.25) is 0 Å². The van der Waals surface area contributed by atoms with Crippen LogP contribution in [0.1, 0.15) is 0 Å². The quantitative estimate of drug-likeness (QED) is 0.283. The van der Waals surface area contributed by atoms with Crippen LogP contribution in [0, 0.1) is 5.92 Å². The number of aliphatic hydroxyl groups excluding tert-OH is 5. The average Bonchev–Trinajstić information content (AvgIpc) is 2.22. The van der Waals surface area contributed by atoms with Crippen molar-refractivity contribution in [2.45, 2.75) is 30.5 Å². The van der Waals surface area contributed by atoms with Gasteiger partial charge in [0.15, 0.2) is 0 Å². The van der Waals surface area contributed by atoms with Gasteiger partial charge >= 0.3 is 10.4 Å². The molecule has 0 aromatic heterocycles. The van der Waals surface area contributed by atoms with Crippen LogP contribution in [0.25, 0.3) is 0 Å². The SMILES string of the molecule is O=S(=O)(O)O[C@@H]1[C@@H](O)[C@H](O)[C@@H](O)[C@@H](O)[C@H]1CO. The van der Waals surface area contributed by atoms with E-state index in [0.717, 1.165) is 0 Å². The van der Waals surface area contributed by atoms with Crippen LogP contribution in [0.4, 0.5) is 0 Å². The Hall–Kier alpha value is -0.330. The number of hydrogen-bond donors (Lipinski definition) is 6. The van der Waals surface area contributed by atoms with Gasteiger partial charge in [0.2, 0.25) is 0 Å². The summed E-state index contributed by atoms with van der Waals surface area (Å²) in [5.41, 5.74) is 0. The smallest absolute Gasteiger partial charge is 0.396 e. The maximum absolute atomic E-state index is 10.5. The molecule has 10 heteroatoms. The fourth-order valence-corrected chi connectivity index (χ4v) is 2.32. The molecule has 0 unspecified atom stereocenters. The largest absolute Gasteiger partial charge is 0.397 e. The van der Waals surface area contributed by atoms with E-state index >= 15 is 0 Å². The molecular weight excluding hydrogens is 260 g/mol. The summed E-state index contributed by atoms with van der Waals surface area (Å²) in [5.74, 6) is -1.37. The van der Waals surface area contributed by atoms with E-state index in [2.05, 4.69) is 4.18 Å². The van der Waals surface area contributed by atoms with Gasteiger partial charge in [0.05, 0.1) is 12.7 Å². The number of aliphatic hydroxyl groups is 5. The summed E-state index contributed by atoms with van der Waals surface area (Å²) in [6, 6.07) is 0. The van der Waals surface area contributed by atoms with Crippen molar-refractivity contribution in [2.75, 3.05) is 6.61 Å². The Kier molecular flexibility index (Phi) is 4.43. The molecule has 6 N–H and O–H groups in total. The normalized spacial score (nSPS) is 43.6. The van der Waals surface area contributed by atoms with Gasteiger partial charge in [-0.05, 0) is 0 Å². The lowest BCUT2D eigenvalue weighted by Crippen LogP contribution is -2.62. The molecule has 0 aromatic carbocycles. The molecule has 17 heavy (non-hydrogen) atoms. The van der Waals surface area contributed by atoms with Crippen molar-refractivity contribution in [3.8, 4) is 0 Å². The summed E-state index contributed by atoms with van der Waals surface area (Å²) in [6.07, 6.45) is -8.97. The van der Waals surface area contributed by atoms with Crippen LogP contribution < -0.4 is 0 Å². The van der Waals surface area contributed by atoms with Crippen molar-refractivity contribution in [1.29, 1.82) is 0 Å². The summed E-state index contributed by atoms with van der Waals surface area (Å²) in [4.78, 5) is 0. The molecule has 1 aliphatic carbocycles. The van der Waals surface area contributed by atoms with Gasteiger partial charge in [-0.2, -0.15) is 8.42 Å². The van der Waals surface area contributed by atoms with E-state index in [-0.39, 0.29) is 0 Å². The van der Waals surface area contributed by atoms with Gasteiger partial charge in [-0.25, -0.2) is 4.18 Å². The first-order valence-electron chi connectivity index (χ1n) is 4.68. The molecule has 0 spiro atoms. The Labute approximate surface area is 96.8 Å². The van der Waals surface area contributed by atoms with E-state index in [9.17, 15) is 28.8 Å². The Balaban J connectivity index is 2.98. The van der Waals surface area contributed by atoms with Gasteiger partial charge in [-0.1, -0.05) is 0 Å². The highest BCUT2D eigenvalue weighted by atomic mass is 32.3. The standard InChI is InChI=1S/C7H14O9S/c8-1-2-3(9)4(10)5(11)6(12)7(2)16-17(13,14)15/h2-12H,1H2,(H,13,14,15)/t2-,3+,4+,5-,6+,7+/m1/s1. The van der Waals surface area contributed by atoms with Crippen molar-refractivity contribution in [2.24, 2.45) is 5.92 Å². The molecule has 0 saturated heterocycles. The monoisotopic (exact) mass is 274 g/mol. The Bertz CT molecular complexity index is 354. The molecule has 1 fully saturated rings. The van der Waals surface area contributed by atoms with Crippen molar-refractivity contribution in [3.63, 3.8) is 0 Å². The minimum Gasteiger partial charge on any atom is -0.396 e. The third-order valence-electron chi connectivity index (χ3n) is 2.69. The fourth-order valence-electron chi connectivity index (χ4n) is 1.78. The molecule has 102 valence electrons. The summed E-state index contributed by atoms with van der Waals surface area (Å²) >= 11 is 0. The fraction of sp³-hybridized carbons (Fsp3) is 1.00. The van der Waals surface area contributed by atoms with Gasteiger partial charge in [0.25, 0.3) is 0 Å². The first-order valence-corrected chi connectivity index (χ1v) is 6.04. The number of rotatable bonds is 3. The van der Waals surface area contributed by atoms with Gasteiger partial charge in [0.1, 0.15) is 24.4 Å². The Morgan fingerprint density at radius 1 is 0.941 bits per heavy atom. The molecule has 0 amide bonds. The zero-order valence-corrected chi connectivity index (χ0v) is 9.30. The van der Waals surface area contributed by atoms with E-state index < -0.39 is 53.4 Å². The minimum absolute atomic E-state index is 0.817. The van der Waals surface area contributed by atoms with E-state index in [4.69, 9.17) is 9.66 Å². The second-order valence-corrected chi connectivity index (χ2v) is 4.85.